The average Bonchev–Trinajstić information content (AvgIpc) is 3.33. The second-order valence-electron chi connectivity index (χ2n) is 10.9. The lowest BCUT2D eigenvalue weighted by Crippen LogP contribution is -2.65. The fraction of sp³-hybridized carbons (Fsp3) is 0.536. The highest BCUT2D eigenvalue weighted by Gasteiger charge is 2.70. The van der Waals surface area contributed by atoms with Crippen molar-refractivity contribution in [3.8, 4) is 0 Å². The van der Waals surface area contributed by atoms with E-state index in [9.17, 15) is 31.1 Å². The number of nitrogens with zero attached hydrogens (tertiary/aromatic N) is 3. The molecule has 5 rings (SSSR count). The zero-order valence-electron chi connectivity index (χ0n) is 22.2. The molecule has 2 aliphatic carbocycles. The normalized spacial score (nSPS) is 26.1. The molecule has 1 N–H and O–H groups in total. The number of thioether (sulfide) groups is 1. The fourth-order valence-electron chi connectivity index (χ4n) is 6.71. The SMILES string of the molecule is CS/C(=N\[C@@H]1C2CCC23CN(c2ccnc(C(F)(F)F)c2)C[C@@H]13)NC(=O)C(CCCCCl)c1ccc(F)c(F)c1F. The largest absolute Gasteiger partial charge is 0.433 e. The molecule has 41 heavy (non-hydrogen) atoms. The summed E-state index contributed by atoms with van der Waals surface area (Å²) >= 11 is 6.97. The Morgan fingerprint density at radius 2 is 2.00 bits per heavy atom. The van der Waals surface area contributed by atoms with Gasteiger partial charge in [0, 0.05) is 42.3 Å². The Labute approximate surface area is 243 Å². The summed E-state index contributed by atoms with van der Waals surface area (Å²) < 4.78 is 81.9. The summed E-state index contributed by atoms with van der Waals surface area (Å²) in [7, 11) is 0. The number of alkyl halides is 4. The molecule has 1 aliphatic heterocycles. The number of aliphatic imine (C=N–C) groups is 1. The zero-order chi connectivity index (χ0) is 29.5. The molecular weight excluding hydrogens is 590 g/mol. The van der Waals surface area contributed by atoms with Crippen LogP contribution in [0.5, 0.6) is 0 Å². The minimum absolute atomic E-state index is 0.0256. The summed E-state index contributed by atoms with van der Waals surface area (Å²) in [4.78, 5) is 23.6. The van der Waals surface area contributed by atoms with E-state index in [0.29, 0.717) is 42.7 Å². The molecule has 2 heterocycles. The lowest BCUT2D eigenvalue weighted by molar-refractivity contribution is -0.141. The van der Waals surface area contributed by atoms with Crippen molar-refractivity contribution in [2.24, 2.45) is 22.2 Å². The van der Waals surface area contributed by atoms with E-state index >= 15 is 0 Å². The predicted octanol–water partition coefficient (Wildman–Crippen LogP) is 6.76. The maximum Gasteiger partial charge on any atom is 0.433 e. The van der Waals surface area contributed by atoms with Crippen LogP contribution in [0.15, 0.2) is 35.5 Å². The van der Waals surface area contributed by atoms with Crippen molar-refractivity contribution in [1.29, 1.82) is 0 Å². The van der Waals surface area contributed by atoms with E-state index in [1.165, 1.54) is 18.0 Å². The third-order valence-corrected chi connectivity index (χ3v) is 9.71. The van der Waals surface area contributed by atoms with E-state index in [1.54, 1.807) is 12.3 Å². The number of amidine groups is 1. The van der Waals surface area contributed by atoms with E-state index in [-0.39, 0.29) is 35.3 Å². The van der Waals surface area contributed by atoms with Crippen molar-refractivity contribution >= 4 is 40.1 Å². The number of pyridine rings is 1. The van der Waals surface area contributed by atoms with Gasteiger partial charge in [-0.1, -0.05) is 24.2 Å². The number of hydrogen-bond donors (Lipinski definition) is 1. The second kappa shape index (κ2) is 11.7. The minimum Gasteiger partial charge on any atom is -0.370 e. The number of benzene rings is 1. The second-order valence-corrected chi connectivity index (χ2v) is 12.1. The summed E-state index contributed by atoms with van der Waals surface area (Å²) in [6, 6.07) is 4.41. The molecule has 3 fully saturated rings. The highest BCUT2D eigenvalue weighted by molar-refractivity contribution is 8.13. The lowest BCUT2D eigenvalue weighted by atomic mass is 9.41. The third-order valence-electron chi connectivity index (χ3n) is 8.85. The van der Waals surface area contributed by atoms with Gasteiger partial charge in [0.15, 0.2) is 22.6 Å². The van der Waals surface area contributed by atoms with Gasteiger partial charge < -0.3 is 10.2 Å². The Hall–Kier alpha value is -2.47. The summed E-state index contributed by atoms with van der Waals surface area (Å²) in [5.74, 6) is -5.34. The van der Waals surface area contributed by atoms with Gasteiger partial charge in [0.2, 0.25) is 5.91 Å². The van der Waals surface area contributed by atoms with Crippen molar-refractivity contribution < 1.29 is 31.1 Å². The highest BCUT2D eigenvalue weighted by atomic mass is 35.5. The Bertz CT molecular complexity index is 1340. The van der Waals surface area contributed by atoms with Gasteiger partial charge in [-0.2, -0.15) is 13.2 Å². The number of amides is 1. The maximum absolute atomic E-state index is 14.7. The number of carbonyl (C=O) groups is 1. The number of hydrogen-bond acceptors (Lipinski definition) is 5. The maximum atomic E-state index is 14.7. The van der Waals surface area contributed by atoms with Crippen LogP contribution in [0.25, 0.3) is 0 Å². The Balaban J connectivity index is 1.33. The van der Waals surface area contributed by atoms with Crippen LogP contribution in [-0.2, 0) is 11.0 Å². The first-order chi connectivity index (χ1) is 19.5. The number of anilines is 1. The minimum atomic E-state index is -4.53. The lowest BCUT2D eigenvalue weighted by Gasteiger charge is -2.64. The summed E-state index contributed by atoms with van der Waals surface area (Å²) in [5, 5.41) is 3.09. The predicted molar refractivity (Wildman–Crippen MR) is 147 cm³/mol. The molecule has 5 nitrogen and oxygen atoms in total. The van der Waals surface area contributed by atoms with Gasteiger partial charge in [-0.3, -0.25) is 14.8 Å². The van der Waals surface area contributed by atoms with Crippen LogP contribution in [0.2, 0.25) is 0 Å². The first-order valence-electron chi connectivity index (χ1n) is 13.4. The topological polar surface area (TPSA) is 57.6 Å². The van der Waals surface area contributed by atoms with Gasteiger partial charge in [0.05, 0.1) is 12.0 Å². The Morgan fingerprint density at radius 1 is 1.22 bits per heavy atom. The molecule has 222 valence electrons. The average molecular weight is 619 g/mol. The van der Waals surface area contributed by atoms with E-state index in [0.717, 1.165) is 31.0 Å². The Morgan fingerprint density at radius 3 is 2.66 bits per heavy atom. The van der Waals surface area contributed by atoms with E-state index in [1.807, 2.05) is 4.90 Å². The number of halogens is 7. The summed E-state index contributed by atoms with van der Waals surface area (Å²) in [5.41, 5.74) is -0.726. The molecular formula is C28H29ClF6N4OS. The van der Waals surface area contributed by atoms with E-state index in [2.05, 4.69) is 10.3 Å². The Kier molecular flexibility index (Phi) is 8.53. The molecule has 5 atom stereocenters. The van der Waals surface area contributed by atoms with Crippen molar-refractivity contribution in [3.05, 3.63) is 59.2 Å². The zero-order valence-corrected chi connectivity index (χ0v) is 23.7. The monoisotopic (exact) mass is 618 g/mol. The fourth-order valence-corrected chi connectivity index (χ4v) is 7.33. The molecule has 0 radical (unpaired) electrons. The number of unbranched alkanes of at least 4 members (excludes halogenated alkanes) is 1. The number of rotatable bonds is 8. The van der Waals surface area contributed by atoms with Gasteiger partial charge >= 0.3 is 6.18 Å². The van der Waals surface area contributed by atoms with Crippen molar-refractivity contribution in [1.82, 2.24) is 10.3 Å². The number of nitrogens with one attached hydrogen (secondary N) is 1. The quantitative estimate of drug-likeness (QED) is 0.0887. The molecule has 1 saturated heterocycles. The van der Waals surface area contributed by atoms with Crippen LogP contribution < -0.4 is 10.2 Å². The van der Waals surface area contributed by atoms with Crippen LogP contribution in [0.3, 0.4) is 0 Å². The van der Waals surface area contributed by atoms with Gasteiger partial charge in [-0.15, -0.1) is 11.6 Å². The van der Waals surface area contributed by atoms with Gasteiger partial charge in [-0.05, 0) is 61.5 Å². The van der Waals surface area contributed by atoms with Crippen LogP contribution >= 0.6 is 23.4 Å². The summed E-state index contributed by atoms with van der Waals surface area (Å²) in [6.45, 7) is 1.16. The molecule has 0 bridgehead atoms. The molecule has 1 aromatic carbocycles. The van der Waals surface area contributed by atoms with Crippen LogP contribution in [0, 0.1) is 34.7 Å². The van der Waals surface area contributed by atoms with E-state index < -0.39 is 41.1 Å². The van der Waals surface area contributed by atoms with Crippen molar-refractivity contribution in [2.75, 3.05) is 30.1 Å². The van der Waals surface area contributed by atoms with Crippen molar-refractivity contribution in [2.45, 2.75) is 50.2 Å². The van der Waals surface area contributed by atoms with Crippen LogP contribution in [0.1, 0.15) is 49.3 Å². The molecule has 2 aromatic rings. The first kappa shape index (κ1) is 30.0. The molecule has 2 saturated carbocycles. The number of aromatic nitrogens is 1. The standard InChI is InChI=1S/C28H29ClF6N4OS/c1-41-26(38-25(40)17(4-2-3-10-29)16-5-6-20(30)23(32)22(16)31)37-24-18-7-9-27(18)14-39(13-19(24)27)15-8-11-36-21(12-15)28(33,34)35/h5-6,8,11-12,17-19,24H,2-4,7,9-10,13-14H2,1H3,(H,37,38,40)/t17?,18?,19-,24+,27?/m0/s1. The highest BCUT2D eigenvalue weighted by Crippen LogP contribution is 2.69. The summed E-state index contributed by atoms with van der Waals surface area (Å²) in [6.07, 6.45) is 1.48. The first-order valence-corrected chi connectivity index (χ1v) is 15.2. The molecule has 1 aromatic heterocycles. The molecule has 3 unspecified atom stereocenters. The molecule has 1 amide bonds. The molecule has 13 heteroatoms. The third kappa shape index (κ3) is 5.53. The van der Waals surface area contributed by atoms with Gasteiger partial charge in [-0.25, -0.2) is 13.2 Å². The smallest absolute Gasteiger partial charge is 0.370 e. The van der Waals surface area contributed by atoms with Crippen LogP contribution in [0.4, 0.5) is 32.0 Å². The number of carbonyl (C=O) groups excluding carboxylic acids is 1. The van der Waals surface area contributed by atoms with Gasteiger partial charge in [0.1, 0.15) is 5.69 Å². The molecule has 3 aliphatic rings. The van der Waals surface area contributed by atoms with Crippen LogP contribution in [-0.4, -0.2) is 47.3 Å². The van der Waals surface area contributed by atoms with Gasteiger partial charge in [0.25, 0.3) is 0 Å². The van der Waals surface area contributed by atoms with E-state index in [4.69, 9.17) is 16.6 Å². The van der Waals surface area contributed by atoms with Crippen molar-refractivity contribution in [3.63, 3.8) is 0 Å². The molecule has 1 spiro atoms.